The van der Waals surface area contributed by atoms with Gasteiger partial charge in [-0.25, -0.2) is 0 Å². The Bertz CT molecular complexity index is 444. The molecular weight excluding hydrogens is 202 g/mol. The largest absolute Gasteiger partial charge is 0.454 e. The minimum absolute atomic E-state index is 0.387. The van der Waals surface area contributed by atoms with Crippen molar-refractivity contribution in [1.82, 2.24) is 5.32 Å². The molecule has 0 amide bonds. The number of fused-ring (bicyclic) bond motifs is 5. The number of ether oxygens (including phenoxy) is 2. The maximum Gasteiger partial charge on any atom is 0.231 e. The molecule has 1 fully saturated rings. The molecule has 0 aromatic heterocycles. The highest BCUT2D eigenvalue weighted by molar-refractivity contribution is 5.54. The second-order valence-corrected chi connectivity index (χ2v) is 4.86. The topological polar surface area (TPSA) is 30.5 Å². The molecular formula is C13H15NO2. The molecule has 1 aromatic carbocycles. The molecule has 1 aliphatic carbocycles. The smallest absolute Gasteiger partial charge is 0.231 e. The summed E-state index contributed by atoms with van der Waals surface area (Å²) in [6.45, 7) is 1.54. The van der Waals surface area contributed by atoms with Crippen LogP contribution in [0.15, 0.2) is 12.1 Å². The van der Waals surface area contributed by atoms with Gasteiger partial charge in [0.25, 0.3) is 0 Å². The summed E-state index contributed by atoms with van der Waals surface area (Å²) in [6, 6.07) is 5.00. The van der Waals surface area contributed by atoms with Gasteiger partial charge in [0, 0.05) is 17.5 Å². The van der Waals surface area contributed by atoms with E-state index in [-0.39, 0.29) is 0 Å². The first-order chi connectivity index (χ1) is 7.93. The Kier molecular flexibility index (Phi) is 1.74. The molecule has 2 atom stereocenters. The molecule has 1 N–H and O–H groups in total. The van der Waals surface area contributed by atoms with Crippen LogP contribution in [-0.2, 0) is 6.42 Å². The Morgan fingerprint density at radius 1 is 1.19 bits per heavy atom. The Morgan fingerprint density at radius 3 is 3.19 bits per heavy atom. The molecule has 2 heterocycles. The summed E-state index contributed by atoms with van der Waals surface area (Å²) in [5.41, 5.74) is 2.89. The number of nitrogens with one attached hydrogen (secondary N) is 1. The summed E-state index contributed by atoms with van der Waals surface area (Å²) in [7, 11) is 0. The Hall–Kier alpha value is -1.22. The van der Waals surface area contributed by atoms with Crippen LogP contribution in [0.5, 0.6) is 11.5 Å². The van der Waals surface area contributed by atoms with Crippen molar-refractivity contribution in [2.45, 2.75) is 31.2 Å². The second-order valence-electron chi connectivity index (χ2n) is 4.86. The van der Waals surface area contributed by atoms with Gasteiger partial charge in [-0.3, -0.25) is 0 Å². The van der Waals surface area contributed by atoms with Crippen molar-refractivity contribution in [1.29, 1.82) is 0 Å². The van der Waals surface area contributed by atoms with Gasteiger partial charge >= 0.3 is 0 Å². The third kappa shape index (κ3) is 1.07. The molecule has 0 spiro atoms. The predicted molar refractivity (Wildman–Crippen MR) is 60.0 cm³/mol. The van der Waals surface area contributed by atoms with E-state index in [4.69, 9.17) is 9.47 Å². The normalized spacial score (nSPS) is 30.0. The van der Waals surface area contributed by atoms with Crippen molar-refractivity contribution in [3.8, 4) is 11.5 Å². The molecule has 0 unspecified atom stereocenters. The third-order valence-corrected chi connectivity index (χ3v) is 4.13. The average molecular weight is 217 g/mol. The minimum atomic E-state index is 0.387. The summed E-state index contributed by atoms with van der Waals surface area (Å²) >= 11 is 0. The Labute approximate surface area is 94.7 Å². The molecule has 0 saturated carbocycles. The van der Waals surface area contributed by atoms with Crippen LogP contribution in [0.25, 0.3) is 0 Å². The first-order valence-corrected chi connectivity index (χ1v) is 6.08. The molecule has 2 aliphatic heterocycles. The molecule has 84 valence electrons. The first-order valence-electron chi connectivity index (χ1n) is 6.08. The lowest BCUT2D eigenvalue weighted by molar-refractivity contribution is 0.173. The molecule has 3 nitrogen and oxygen atoms in total. The van der Waals surface area contributed by atoms with Crippen molar-refractivity contribution >= 4 is 0 Å². The Balaban J connectivity index is 1.86. The van der Waals surface area contributed by atoms with Gasteiger partial charge in [-0.2, -0.15) is 0 Å². The summed E-state index contributed by atoms with van der Waals surface area (Å²) in [6.07, 6.45) is 3.62. The van der Waals surface area contributed by atoms with Crippen LogP contribution in [0.4, 0.5) is 0 Å². The SMILES string of the molecule is c1cc2c(c3c1OCO3)CC[C@H]1NCC[C@H]21. The molecule has 4 rings (SSSR count). The van der Waals surface area contributed by atoms with Crippen LogP contribution in [0.1, 0.15) is 29.9 Å². The zero-order chi connectivity index (χ0) is 10.5. The van der Waals surface area contributed by atoms with Crippen LogP contribution in [-0.4, -0.2) is 19.4 Å². The fourth-order valence-corrected chi connectivity index (χ4v) is 3.39. The number of hydrogen-bond donors (Lipinski definition) is 1. The highest BCUT2D eigenvalue weighted by Gasteiger charge is 2.35. The van der Waals surface area contributed by atoms with E-state index < -0.39 is 0 Å². The van der Waals surface area contributed by atoms with Gasteiger partial charge in [0.05, 0.1) is 0 Å². The predicted octanol–water partition coefficient (Wildman–Crippen LogP) is 1.81. The van der Waals surface area contributed by atoms with Gasteiger partial charge in [0.2, 0.25) is 6.79 Å². The minimum Gasteiger partial charge on any atom is -0.454 e. The molecule has 16 heavy (non-hydrogen) atoms. The van der Waals surface area contributed by atoms with Crippen molar-refractivity contribution in [2.75, 3.05) is 13.3 Å². The molecule has 1 saturated heterocycles. The lowest BCUT2D eigenvalue weighted by Crippen LogP contribution is -2.30. The van der Waals surface area contributed by atoms with Crippen LogP contribution in [0.3, 0.4) is 0 Å². The van der Waals surface area contributed by atoms with Gasteiger partial charge in [0.15, 0.2) is 11.5 Å². The number of rotatable bonds is 0. The van der Waals surface area contributed by atoms with Gasteiger partial charge in [0.1, 0.15) is 0 Å². The molecule has 3 heteroatoms. The zero-order valence-electron chi connectivity index (χ0n) is 9.16. The number of hydrogen-bond acceptors (Lipinski definition) is 3. The summed E-state index contributed by atoms with van der Waals surface area (Å²) < 4.78 is 11.0. The van der Waals surface area contributed by atoms with Gasteiger partial charge in [-0.15, -0.1) is 0 Å². The highest BCUT2D eigenvalue weighted by Crippen LogP contribution is 2.46. The molecule has 0 radical (unpaired) electrons. The van der Waals surface area contributed by atoms with Gasteiger partial charge < -0.3 is 14.8 Å². The second kappa shape index (κ2) is 3.14. The fourth-order valence-electron chi connectivity index (χ4n) is 3.39. The fraction of sp³-hybridized carbons (Fsp3) is 0.538. The van der Waals surface area contributed by atoms with E-state index in [0.29, 0.717) is 18.8 Å². The summed E-state index contributed by atoms with van der Waals surface area (Å²) in [4.78, 5) is 0. The maximum atomic E-state index is 5.60. The van der Waals surface area contributed by atoms with Crippen molar-refractivity contribution in [3.05, 3.63) is 23.3 Å². The summed E-state index contributed by atoms with van der Waals surface area (Å²) in [5, 5.41) is 3.60. The molecule has 3 aliphatic rings. The van der Waals surface area contributed by atoms with E-state index in [2.05, 4.69) is 17.4 Å². The van der Waals surface area contributed by atoms with E-state index in [0.717, 1.165) is 24.5 Å². The third-order valence-electron chi connectivity index (χ3n) is 4.13. The van der Waals surface area contributed by atoms with Crippen molar-refractivity contribution in [2.24, 2.45) is 0 Å². The van der Waals surface area contributed by atoms with Crippen LogP contribution in [0, 0.1) is 0 Å². The summed E-state index contributed by atoms with van der Waals surface area (Å²) in [5.74, 6) is 2.64. The number of benzene rings is 1. The van der Waals surface area contributed by atoms with Gasteiger partial charge in [-0.05, 0) is 37.4 Å². The monoisotopic (exact) mass is 217 g/mol. The van der Waals surface area contributed by atoms with E-state index >= 15 is 0 Å². The lowest BCUT2D eigenvalue weighted by atomic mass is 9.79. The van der Waals surface area contributed by atoms with Crippen molar-refractivity contribution < 1.29 is 9.47 Å². The van der Waals surface area contributed by atoms with Crippen LogP contribution in [0.2, 0.25) is 0 Å². The van der Waals surface area contributed by atoms with Crippen molar-refractivity contribution in [3.63, 3.8) is 0 Å². The average Bonchev–Trinajstić information content (AvgIpc) is 2.96. The van der Waals surface area contributed by atoms with Gasteiger partial charge in [-0.1, -0.05) is 6.07 Å². The highest BCUT2D eigenvalue weighted by atomic mass is 16.7. The molecule has 0 bridgehead atoms. The first kappa shape index (κ1) is 8.88. The van der Waals surface area contributed by atoms with Crippen LogP contribution < -0.4 is 14.8 Å². The van der Waals surface area contributed by atoms with E-state index in [1.165, 1.54) is 24.0 Å². The zero-order valence-corrected chi connectivity index (χ0v) is 9.16. The van der Waals surface area contributed by atoms with Crippen LogP contribution >= 0.6 is 0 Å². The van der Waals surface area contributed by atoms with E-state index in [9.17, 15) is 0 Å². The maximum absolute atomic E-state index is 5.60. The Morgan fingerprint density at radius 2 is 2.19 bits per heavy atom. The lowest BCUT2D eigenvalue weighted by Gasteiger charge is -2.28. The van der Waals surface area contributed by atoms with E-state index in [1.54, 1.807) is 0 Å². The quantitative estimate of drug-likeness (QED) is 0.719. The van der Waals surface area contributed by atoms with E-state index in [1.807, 2.05) is 0 Å². The molecule has 1 aromatic rings. The standard InChI is InChI=1S/C13H15NO2/c1-3-11-9(5-6-14-11)8-2-4-12-13(10(1)8)16-7-15-12/h2,4,9,11,14H,1,3,5-7H2/t9-,11-/m1/s1.